The Kier molecular flexibility index (Phi) is 5.18. The minimum absolute atomic E-state index is 0.290. The first-order chi connectivity index (χ1) is 9.36. The lowest BCUT2D eigenvalue weighted by Crippen LogP contribution is -2.62. The summed E-state index contributed by atoms with van der Waals surface area (Å²) in [6, 6.07) is 0.635. The van der Waals surface area contributed by atoms with Crippen molar-refractivity contribution < 1.29 is 4.74 Å². The summed E-state index contributed by atoms with van der Waals surface area (Å²) in [7, 11) is 0. The van der Waals surface area contributed by atoms with Crippen molar-refractivity contribution in [3.8, 4) is 0 Å². The quantitative estimate of drug-likeness (QED) is 0.814. The molecule has 0 spiro atoms. The van der Waals surface area contributed by atoms with Crippen LogP contribution >= 0.6 is 0 Å². The Bertz CT molecular complexity index is 313. The van der Waals surface area contributed by atoms with E-state index in [9.17, 15) is 0 Å². The summed E-state index contributed by atoms with van der Waals surface area (Å²) in [5.41, 5.74) is 0.290. The molecule has 0 saturated heterocycles. The smallest absolute Gasteiger partial charge is 0.0659 e. The van der Waals surface area contributed by atoms with E-state index in [2.05, 4.69) is 46.9 Å². The molecule has 0 aromatic heterocycles. The van der Waals surface area contributed by atoms with Crippen LogP contribution in [0, 0.1) is 23.2 Å². The van der Waals surface area contributed by atoms with Crippen LogP contribution in [0.3, 0.4) is 0 Å². The minimum Gasteiger partial charge on any atom is -0.374 e. The number of nitrogens with one attached hydrogen (secondary N) is 1. The molecule has 2 fully saturated rings. The van der Waals surface area contributed by atoms with Crippen LogP contribution in [0.25, 0.3) is 0 Å². The van der Waals surface area contributed by atoms with Gasteiger partial charge in [-0.1, -0.05) is 48.0 Å². The summed E-state index contributed by atoms with van der Waals surface area (Å²) in [6.07, 6.45) is 6.13. The molecule has 2 nitrogen and oxygen atoms in total. The van der Waals surface area contributed by atoms with E-state index >= 15 is 0 Å². The first-order valence-corrected chi connectivity index (χ1v) is 8.75. The average molecular weight is 281 g/mol. The van der Waals surface area contributed by atoms with E-state index < -0.39 is 0 Å². The highest BCUT2D eigenvalue weighted by Crippen LogP contribution is 2.46. The maximum absolute atomic E-state index is 6.62. The van der Waals surface area contributed by atoms with E-state index in [4.69, 9.17) is 4.74 Å². The first-order valence-electron chi connectivity index (χ1n) is 8.75. The summed E-state index contributed by atoms with van der Waals surface area (Å²) in [5.74, 6) is 2.35. The van der Waals surface area contributed by atoms with Gasteiger partial charge in [-0.3, -0.25) is 0 Å². The highest BCUT2D eigenvalue weighted by molar-refractivity contribution is 5.03. The zero-order chi connectivity index (χ0) is 14.9. The second kappa shape index (κ2) is 6.36. The molecule has 2 rings (SSSR count). The SMILES string of the molecule is CCNC1CC(OC2CC(C)CCC2C(C)C)C1(C)C. The zero-order valence-electron chi connectivity index (χ0n) is 14.4. The van der Waals surface area contributed by atoms with E-state index in [1.807, 2.05) is 0 Å². The predicted molar refractivity (Wildman–Crippen MR) is 85.9 cm³/mol. The van der Waals surface area contributed by atoms with Gasteiger partial charge in [-0.2, -0.15) is 0 Å². The Balaban J connectivity index is 1.94. The molecule has 0 radical (unpaired) electrons. The van der Waals surface area contributed by atoms with E-state index in [1.165, 1.54) is 25.7 Å². The Morgan fingerprint density at radius 3 is 2.45 bits per heavy atom. The van der Waals surface area contributed by atoms with Gasteiger partial charge in [0, 0.05) is 11.5 Å². The lowest BCUT2D eigenvalue weighted by Gasteiger charge is -2.54. The third-order valence-electron chi connectivity index (χ3n) is 5.93. The second-order valence-corrected chi connectivity index (χ2v) is 8.16. The standard InChI is InChI=1S/C18H35NO/c1-7-19-16-11-17(18(16,5)6)20-15-10-13(4)8-9-14(15)12(2)3/h12-17,19H,7-11H2,1-6H3. The Hall–Kier alpha value is -0.0800. The van der Waals surface area contributed by atoms with E-state index in [-0.39, 0.29) is 5.41 Å². The third-order valence-corrected chi connectivity index (χ3v) is 5.93. The Labute approximate surface area is 126 Å². The number of hydrogen-bond donors (Lipinski definition) is 1. The molecular weight excluding hydrogens is 246 g/mol. The van der Waals surface area contributed by atoms with Crippen molar-refractivity contribution in [2.45, 2.75) is 85.5 Å². The van der Waals surface area contributed by atoms with Crippen LogP contribution in [0.1, 0.15) is 67.2 Å². The van der Waals surface area contributed by atoms with Crippen molar-refractivity contribution in [3.63, 3.8) is 0 Å². The lowest BCUT2D eigenvalue weighted by atomic mass is 9.64. The predicted octanol–water partition coefficient (Wildman–Crippen LogP) is 4.24. The summed E-state index contributed by atoms with van der Waals surface area (Å²) in [4.78, 5) is 0. The Morgan fingerprint density at radius 2 is 1.90 bits per heavy atom. The van der Waals surface area contributed by atoms with Gasteiger partial charge in [0.1, 0.15) is 0 Å². The van der Waals surface area contributed by atoms with Crippen LogP contribution in [0.2, 0.25) is 0 Å². The molecule has 0 aromatic carbocycles. The lowest BCUT2D eigenvalue weighted by molar-refractivity contribution is -0.175. The van der Waals surface area contributed by atoms with Gasteiger partial charge in [0.25, 0.3) is 0 Å². The molecule has 1 N–H and O–H groups in total. The van der Waals surface area contributed by atoms with Crippen molar-refractivity contribution >= 4 is 0 Å². The summed E-state index contributed by atoms with van der Waals surface area (Å²) in [6.45, 7) is 15.1. The van der Waals surface area contributed by atoms with E-state index in [0.29, 0.717) is 18.2 Å². The van der Waals surface area contributed by atoms with Crippen LogP contribution < -0.4 is 5.32 Å². The van der Waals surface area contributed by atoms with Crippen molar-refractivity contribution in [1.82, 2.24) is 5.32 Å². The fraction of sp³-hybridized carbons (Fsp3) is 1.00. The molecule has 0 bridgehead atoms. The molecule has 2 aliphatic carbocycles. The average Bonchev–Trinajstić information content (AvgIpc) is 2.37. The molecule has 0 aliphatic heterocycles. The van der Waals surface area contributed by atoms with Crippen LogP contribution in [-0.4, -0.2) is 24.8 Å². The Morgan fingerprint density at radius 1 is 1.20 bits per heavy atom. The fourth-order valence-electron chi connectivity index (χ4n) is 4.19. The number of rotatable bonds is 5. The molecule has 20 heavy (non-hydrogen) atoms. The van der Waals surface area contributed by atoms with Crippen LogP contribution in [-0.2, 0) is 4.74 Å². The largest absolute Gasteiger partial charge is 0.374 e. The first kappa shape index (κ1) is 16.3. The molecule has 2 heteroatoms. The van der Waals surface area contributed by atoms with Crippen molar-refractivity contribution in [2.24, 2.45) is 23.2 Å². The summed E-state index contributed by atoms with van der Waals surface area (Å²) in [5, 5.41) is 3.60. The van der Waals surface area contributed by atoms with Crippen molar-refractivity contribution in [1.29, 1.82) is 0 Å². The molecule has 0 amide bonds. The van der Waals surface area contributed by atoms with Crippen LogP contribution in [0.15, 0.2) is 0 Å². The monoisotopic (exact) mass is 281 g/mol. The highest BCUT2D eigenvalue weighted by atomic mass is 16.5. The minimum atomic E-state index is 0.290. The van der Waals surface area contributed by atoms with Gasteiger partial charge in [0.15, 0.2) is 0 Å². The van der Waals surface area contributed by atoms with Crippen molar-refractivity contribution in [2.75, 3.05) is 6.54 Å². The molecule has 0 heterocycles. The van der Waals surface area contributed by atoms with E-state index in [1.54, 1.807) is 0 Å². The normalized spacial score (nSPS) is 40.6. The van der Waals surface area contributed by atoms with Gasteiger partial charge >= 0.3 is 0 Å². The van der Waals surface area contributed by atoms with Gasteiger partial charge in [-0.15, -0.1) is 0 Å². The molecule has 2 saturated carbocycles. The maximum atomic E-state index is 6.62. The molecule has 5 unspecified atom stereocenters. The van der Waals surface area contributed by atoms with Crippen LogP contribution in [0.5, 0.6) is 0 Å². The second-order valence-electron chi connectivity index (χ2n) is 8.16. The van der Waals surface area contributed by atoms with Gasteiger partial charge in [0.05, 0.1) is 12.2 Å². The molecule has 2 aliphatic rings. The third kappa shape index (κ3) is 3.22. The number of ether oxygens (including phenoxy) is 1. The molecule has 118 valence electrons. The molecular formula is C18H35NO. The van der Waals surface area contributed by atoms with Gasteiger partial charge < -0.3 is 10.1 Å². The van der Waals surface area contributed by atoms with Gasteiger partial charge in [0.2, 0.25) is 0 Å². The summed E-state index contributed by atoms with van der Waals surface area (Å²) >= 11 is 0. The molecule has 5 atom stereocenters. The van der Waals surface area contributed by atoms with Crippen molar-refractivity contribution in [3.05, 3.63) is 0 Å². The highest BCUT2D eigenvalue weighted by Gasteiger charge is 2.50. The number of hydrogen-bond acceptors (Lipinski definition) is 2. The molecule has 0 aromatic rings. The van der Waals surface area contributed by atoms with E-state index in [0.717, 1.165) is 24.3 Å². The van der Waals surface area contributed by atoms with Crippen LogP contribution in [0.4, 0.5) is 0 Å². The van der Waals surface area contributed by atoms with Gasteiger partial charge in [-0.05, 0) is 43.6 Å². The maximum Gasteiger partial charge on any atom is 0.0659 e. The zero-order valence-corrected chi connectivity index (χ0v) is 14.4. The van der Waals surface area contributed by atoms with Gasteiger partial charge in [-0.25, -0.2) is 0 Å². The summed E-state index contributed by atoms with van der Waals surface area (Å²) < 4.78 is 6.62. The fourth-order valence-corrected chi connectivity index (χ4v) is 4.19. The topological polar surface area (TPSA) is 21.3 Å².